The maximum atomic E-state index is 11.3. The predicted octanol–water partition coefficient (Wildman–Crippen LogP) is 0.917. The molecule has 2 atom stereocenters. The van der Waals surface area contributed by atoms with E-state index in [1.165, 1.54) is 32.4 Å². The number of fused-ring (bicyclic) bond motifs is 1. The first kappa shape index (κ1) is 12.6. The zero-order chi connectivity index (χ0) is 13.2. The van der Waals surface area contributed by atoms with Crippen molar-refractivity contribution in [2.24, 2.45) is 17.7 Å². The summed E-state index contributed by atoms with van der Waals surface area (Å²) >= 11 is 0. The van der Waals surface area contributed by atoms with Crippen molar-refractivity contribution in [3.8, 4) is 0 Å². The van der Waals surface area contributed by atoms with Crippen LogP contribution >= 0.6 is 0 Å². The quantitative estimate of drug-likeness (QED) is 0.481. The molecule has 2 aliphatic rings. The lowest BCUT2D eigenvalue weighted by atomic mass is 10.0. The second-order valence-electron chi connectivity index (χ2n) is 5.66. The number of amides is 1. The van der Waals surface area contributed by atoms with Crippen LogP contribution in [0.25, 0.3) is 0 Å². The van der Waals surface area contributed by atoms with Gasteiger partial charge in [-0.25, -0.2) is 5.84 Å². The molecule has 1 aromatic rings. The third-order valence-electron chi connectivity index (χ3n) is 4.41. The Morgan fingerprint density at radius 1 is 1.37 bits per heavy atom. The summed E-state index contributed by atoms with van der Waals surface area (Å²) in [6, 6.07) is 3.69. The number of hydrogen-bond acceptors (Lipinski definition) is 4. The van der Waals surface area contributed by atoms with E-state index in [1.807, 2.05) is 6.07 Å². The molecular formula is C14H20N4O. The molecular weight excluding hydrogens is 240 g/mol. The number of nitrogens with zero attached hydrogens (tertiary/aromatic N) is 2. The van der Waals surface area contributed by atoms with E-state index in [9.17, 15) is 4.79 Å². The summed E-state index contributed by atoms with van der Waals surface area (Å²) in [5.74, 6) is 6.60. The molecule has 1 amide bonds. The van der Waals surface area contributed by atoms with Crippen molar-refractivity contribution in [2.75, 3.05) is 13.1 Å². The molecule has 5 nitrogen and oxygen atoms in total. The van der Waals surface area contributed by atoms with Gasteiger partial charge in [0, 0.05) is 25.8 Å². The van der Waals surface area contributed by atoms with E-state index >= 15 is 0 Å². The van der Waals surface area contributed by atoms with Crippen LogP contribution in [-0.2, 0) is 6.54 Å². The molecule has 102 valence electrons. The maximum Gasteiger partial charge on any atom is 0.266 e. The van der Waals surface area contributed by atoms with Gasteiger partial charge in [-0.3, -0.25) is 20.1 Å². The molecule has 2 fully saturated rings. The first-order chi connectivity index (χ1) is 9.26. The number of nitrogen functional groups attached to an aromatic ring is 1. The van der Waals surface area contributed by atoms with Gasteiger partial charge < -0.3 is 0 Å². The Kier molecular flexibility index (Phi) is 3.48. The molecule has 1 saturated heterocycles. The van der Waals surface area contributed by atoms with Gasteiger partial charge in [-0.05, 0) is 36.8 Å². The van der Waals surface area contributed by atoms with E-state index < -0.39 is 0 Å². The SMILES string of the molecule is NNC(=O)c1ccc(CN2CC3CCCC3C2)nc1. The van der Waals surface area contributed by atoms with Crippen LogP contribution < -0.4 is 11.3 Å². The van der Waals surface area contributed by atoms with Crippen molar-refractivity contribution in [2.45, 2.75) is 25.8 Å². The van der Waals surface area contributed by atoms with E-state index in [0.29, 0.717) is 5.56 Å². The minimum atomic E-state index is -0.297. The van der Waals surface area contributed by atoms with Crippen LogP contribution in [0.5, 0.6) is 0 Å². The highest BCUT2D eigenvalue weighted by molar-refractivity contribution is 5.93. The van der Waals surface area contributed by atoms with E-state index in [1.54, 1.807) is 12.3 Å². The monoisotopic (exact) mass is 260 g/mol. The van der Waals surface area contributed by atoms with Gasteiger partial charge in [0.15, 0.2) is 0 Å². The van der Waals surface area contributed by atoms with Crippen molar-refractivity contribution in [1.29, 1.82) is 0 Å². The molecule has 19 heavy (non-hydrogen) atoms. The number of aromatic nitrogens is 1. The first-order valence-electron chi connectivity index (χ1n) is 6.94. The van der Waals surface area contributed by atoms with Gasteiger partial charge in [0.2, 0.25) is 0 Å². The van der Waals surface area contributed by atoms with Crippen LogP contribution in [0, 0.1) is 11.8 Å². The molecule has 0 radical (unpaired) electrons. The van der Waals surface area contributed by atoms with Crippen LogP contribution in [-0.4, -0.2) is 28.9 Å². The smallest absolute Gasteiger partial charge is 0.266 e. The number of rotatable bonds is 3. The van der Waals surface area contributed by atoms with Gasteiger partial charge in [0.1, 0.15) is 0 Å². The summed E-state index contributed by atoms with van der Waals surface area (Å²) in [5.41, 5.74) is 3.64. The van der Waals surface area contributed by atoms with E-state index in [0.717, 1.165) is 24.1 Å². The average Bonchev–Trinajstić information content (AvgIpc) is 2.99. The molecule has 3 rings (SSSR count). The third-order valence-corrected chi connectivity index (χ3v) is 4.41. The number of hydrogen-bond donors (Lipinski definition) is 2. The molecule has 1 aliphatic carbocycles. The summed E-state index contributed by atoms with van der Waals surface area (Å²) in [7, 11) is 0. The lowest BCUT2D eigenvalue weighted by Crippen LogP contribution is -2.30. The molecule has 0 aromatic carbocycles. The summed E-state index contributed by atoms with van der Waals surface area (Å²) in [6.45, 7) is 3.30. The average molecular weight is 260 g/mol. The second kappa shape index (κ2) is 5.27. The number of likely N-dealkylation sites (tertiary alicyclic amines) is 1. The molecule has 1 aliphatic heterocycles. The highest BCUT2D eigenvalue weighted by Crippen LogP contribution is 2.37. The van der Waals surface area contributed by atoms with Crippen LogP contribution in [0.2, 0.25) is 0 Å². The summed E-state index contributed by atoms with van der Waals surface area (Å²) in [4.78, 5) is 18.1. The Balaban J connectivity index is 1.60. The normalized spacial score (nSPS) is 26.4. The molecule has 5 heteroatoms. The van der Waals surface area contributed by atoms with Crippen molar-refractivity contribution in [3.05, 3.63) is 29.6 Å². The fourth-order valence-electron chi connectivity index (χ4n) is 3.43. The molecule has 1 aromatic heterocycles. The Bertz CT molecular complexity index is 447. The number of carbonyl (C=O) groups excluding carboxylic acids is 1. The van der Waals surface area contributed by atoms with Crippen LogP contribution in [0.15, 0.2) is 18.3 Å². The largest absolute Gasteiger partial charge is 0.297 e. The van der Waals surface area contributed by atoms with Gasteiger partial charge in [-0.15, -0.1) is 0 Å². The second-order valence-corrected chi connectivity index (χ2v) is 5.66. The Morgan fingerprint density at radius 3 is 2.68 bits per heavy atom. The summed E-state index contributed by atoms with van der Waals surface area (Å²) in [6.07, 6.45) is 5.78. The highest BCUT2D eigenvalue weighted by atomic mass is 16.2. The van der Waals surface area contributed by atoms with Gasteiger partial charge in [-0.1, -0.05) is 6.42 Å². The summed E-state index contributed by atoms with van der Waals surface area (Å²) < 4.78 is 0. The molecule has 2 heterocycles. The summed E-state index contributed by atoms with van der Waals surface area (Å²) in [5, 5.41) is 0. The fraction of sp³-hybridized carbons (Fsp3) is 0.571. The van der Waals surface area contributed by atoms with Gasteiger partial charge in [0.05, 0.1) is 11.3 Å². The van der Waals surface area contributed by atoms with Crippen molar-refractivity contribution in [1.82, 2.24) is 15.3 Å². The minimum Gasteiger partial charge on any atom is -0.297 e. The van der Waals surface area contributed by atoms with Gasteiger partial charge in [0.25, 0.3) is 5.91 Å². The number of nitrogens with two attached hydrogens (primary N) is 1. The number of carbonyl (C=O) groups is 1. The Labute approximate surface area is 113 Å². The molecule has 0 spiro atoms. The third kappa shape index (κ3) is 2.62. The molecule has 1 saturated carbocycles. The van der Waals surface area contributed by atoms with E-state index in [2.05, 4.69) is 15.3 Å². The van der Waals surface area contributed by atoms with E-state index in [4.69, 9.17) is 5.84 Å². The molecule has 2 unspecified atom stereocenters. The van der Waals surface area contributed by atoms with Crippen molar-refractivity contribution >= 4 is 5.91 Å². The lowest BCUT2D eigenvalue weighted by molar-refractivity contribution is 0.0953. The Hall–Kier alpha value is -1.46. The number of hydrazine groups is 1. The van der Waals surface area contributed by atoms with Crippen LogP contribution in [0.1, 0.15) is 35.3 Å². The first-order valence-corrected chi connectivity index (χ1v) is 6.94. The van der Waals surface area contributed by atoms with Gasteiger partial charge in [-0.2, -0.15) is 0 Å². The zero-order valence-corrected chi connectivity index (χ0v) is 11.0. The fourth-order valence-corrected chi connectivity index (χ4v) is 3.43. The maximum absolute atomic E-state index is 11.3. The van der Waals surface area contributed by atoms with Crippen molar-refractivity contribution < 1.29 is 4.79 Å². The zero-order valence-electron chi connectivity index (χ0n) is 11.0. The minimum absolute atomic E-state index is 0.297. The predicted molar refractivity (Wildman–Crippen MR) is 72.0 cm³/mol. The molecule has 0 bridgehead atoms. The van der Waals surface area contributed by atoms with Gasteiger partial charge >= 0.3 is 0 Å². The number of nitrogens with one attached hydrogen (secondary N) is 1. The van der Waals surface area contributed by atoms with E-state index in [-0.39, 0.29) is 5.91 Å². The Morgan fingerprint density at radius 2 is 2.11 bits per heavy atom. The number of pyridine rings is 1. The lowest BCUT2D eigenvalue weighted by Gasteiger charge is -2.16. The van der Waals surface area contributed by atoms with Crippen molar-refractivity contribution in [3.63, 3.8) is 0 Å². The van der Waals surface area contributed by atoms with Crippen LogP contribution in [0.3, 0.4) is 0 Å². The standard InChI is InChI=1S/C14H20N4O/c15-17-14(19)10-4-5-13(16-6-10)9-18-7-11-2-1-3-12(11)8-18/h4-6,11-12H,1-3,7-9,15H2,(H,17,19). The molecule has 3 N–H and O–H groups in total. The topological polar surface area (TPSA) is 71.2 Å². The van der Waals surface area contributed by atoms with Crippen LogP contribution in [0.4, 0.5) is 0 Å². The highest BCUT2D eigenvalue weighted by Gasteiger charge is 2.35.